The van der Waals surface area contributed by atoms with Crippen molar-refractivity contribution in [2.24, 2.45) is 17.3 Å². The molecule has 0 unspecified atom stereocenters. The van der Waals surface area contributed by atoms with E-state index in [1.165, 1.54) is 12.8 Å². The fourth-order valence-corrected chi connectivity index (χ4v) is 3.64. The maximum absolute atomic E-state index is 11.5. The van der Waals surface area contributed by atoms with E-state index >= 15 is 0 Å². The summed E-state index contributed by atoms with van der Waals surface area (Å²) in [6, 6.07) is 0. The van der Waals surface area contributed by atoms with Gasteiger partial charge in [-0.15, -0.1) is 0 Å². The zero-order valence-corrected chi connectivity index (χ0v) is 11.1. The van der Waals surface area contributed by atoms with Gasteiger partial charge in [-0.1, -0.05) is 20.3 Å². The number of carboxylic acids is 1. The Morgan fingerprint density at radius 3 is 2.88 bits per heavy atom. The fourth-order valence-electron chi connectivity index (χ4n) is 3.64. The van der Waals surface area contributed by atoms with Crippen LogP contribution in [0.2, 0.25) is 0 Å². The first kappa shape index (κ1) is 12.9. The molecule has 1 saturated heterocycles. The van der Waals surface area contributed by atoms with E-state index in [4.69, 9.17) is 0 Å². The molecule has 0 amide bonds. The van der Waals surface area contributed by atoms with E-state index < -0.39 is 11.4 Å². The lowest BCUT2D eigenvalue weighted by Crippen LogP contribution is -2.35. The fraction of sp³-hybridized carbons (Fsp3) is 0.929. The number of fused-ring (bicyclic) bond motifs is 1. The van der Waals surface area contributed by atoms with Gasteiger partial charge in [0.2, 0.25) is 0 Å². The van der Waals surface area contributed by atoms with Crippen LogP contribution in [0.4, 0.5) is 0 Å². The van der Waals surface area contributed by atoms with Gasteiger partial charge in [0.05, 0.1) is 5.41 Å². The monoisotopic (exact) mass is 239 g/mol. The van der Waals surface area contributed by atoms with Gasteiger partial charge in [-0.3, -0.25) is 4.79 Å². The molecular formula is C14H25NO2. The largest absolute Gasteiger partial charge is 0.481 e. The van der Waals surface area contributed by atoms with Crippen LogP contribution in [0, 0.1) is 17.3 Å². The number of hydrogen-bond donors (Lipinski definition) is 1. The van der Waals surface area contributed by atoms with E-state index in [9.17, 15) is 9.90 Å². The van der Waals surface area contributed by atoms with Gasteiger partial charge in [-0.05, 0) is 44.1 Å². The molecule has 0 aromatic heterocycles. The number of rotatable bonds is 5. The summed E-state index contributed by atoms with van der Waals surface area (Å²) in [4.78, 5) is 13.9. The Bertz CT molecular complexity index is 290. The summed E-state index contributed by atoms with van der Waals surface area (Å²) in [5.41, 5.74) is -0.391. The summed E-state index contributed by atoms with van der Waals surface area (Å²) in [5, 5.41) is 9.48. The molecule has 3 nitrogen and oxygen atoms in total. The molecule has 3 heteroatoms. The second kappa shape index (κ2) is 4.97. The highest BCUT2D eigenvalue weighted by atomic mass is 16.4. The van der Waals surface area contributed by atoms with Crippen molar-refractivity contribution in [3.63, 3.8) is 0 Å². The first-order valence-electron chi connectivity index (χ1n) is 7.00. The molecule has 2 rings (SSSR count). The lowest BCUT2D eigenvalue weighted by Gasteiger charge is -2.23. The van der Waals surface area contributed by atoms with Crippen molar-refractivity contribution in [1.82, 2.24) is 4.90 Å². The normalized spacial score (nSPS) is 33.2. The Labute approximate surface area is 104 Å². The predicted octanol–water partition coefficient (Wildman–Crippen LogP) is 2.61. The van der Waals surface area contributed by atoms with Crippen molar-refractivity contribution in [2.45, 2.75) is 46.0 Å². The summed E-state index contributed by atoms with van der Waals surface area (Å²) in [6.07, 6.45) is 5.58. The van der Waals surface area contributed by atoms with Gasteiger partial charge in [0.15, 0.2) is 0 Å². The van der Waals surface area contributed by atoms with Gasteiger partial charge in [0.25, 0.3) is 0 Å². The summed E-state index contributed by atoms with van der Waals surface area (Å²) < 4.78 is 0. The molecule has 0 spiro atoms. The van der Waals surface area contributed by atoms with Gasteiger partial charge in [0, 0.05) is 13.1 Å². The van der Waals surface area contributed by atoms with E-state index in [1.807, 2.05) is 0 Å². The summed E-state index contributed by atoms with van der Waals surface area (Å²) in [5.74, 6) is 0.621. The molecule has 2 fully saturated rings. The molecule has 0 radical (unpaired) electrons. The van der Waals surface area contributed by atoms with Crippen molar-refractivity contribution in [3.8, 4) is 0 Å². The van der Waals surface area contributed by atoms with E-state index in [1.54, 1.807) is 0 Å². The zero-order chi connectivity index (χ0) is 12.5. The number of carbonyl (C=O) groups is 1. The molecule has 17 heavy (non-hydrogen) atoms. The molecule has 1 saturated carbocycles. The van der Waals surface area contributed by atoms with Crippen LogP contribution in [-0.4, -0.2) is 35.6 Å². The van der Waals surface area contributed by atoms with Gasteiger partial charge < -0.3 is 10.0 Å². The van der Waals surface area contributed by atoms with Gasteiger partial charge in [0.1, 0.15) is 0 Å². The van der Waals surface area contributed by atoms with Crippen LogP contribution in [0.5, 0.6) is 0 Å². The van der Waals surface area contributed by atoms with Gasteiger partial charge >= 0.3 is 5.97 Å². The third kappa shape index (κ3) is 2.49. The van der Waals surface area contributed by atoms with Crippen LogP contribution >= 0.6 is 0 Å². The second-order valence-corrected chi connectivity index (χ2v) is 6.32. The van der Waals surface area contributed by atoms with Crippen LogP contribution in [0.25, 0.3) is 0 Å². The number of nitrogens with zero attached hydrogens (tertiary/aromatic N) is 1. The maximum atomic E-state index is 11.5. The standard InChI is InChI=1S/C14H25NO2/c1-11(2)5-4-8-15-9-12-6-3-7-14(12,10-15)13(16)17/h11-12H,3-10H2,1-2H3,(H,16,17)/t12-,14+/m0/s1. The summed E-state index contributed by atoms with van der Waals surface area (Å²) in [6.45, 7) is 7.40. The van der Waals surface area contributed by atoms with Gasteiger partial charge in [-0.25, -0.2) is 0 Å². The third-order valence-corrected chi connectivity index (χ3v) is 4.62. The Balaban J connectivity index is 1.87. The molecule has 98 valence electrons. The Hall–Kier alpha value is -0.570. The third-order valence-electron chi connectivity index (χ3n) is 4.62. The number of hydrogen-bond acceptors (Lipinski definition) is 2. The van der Waals surface area contributed by atoms with Crippen LogP contribution < -0.4 is 0 Å². The summed E-state index contributed by atoms with van der Waals surface area (Å²) >= 11 is 0. The van der Waals surface area contributed by atoms with Crippen LogP contribution in [-0.2, 0) is 4.79 Å². The van der Waals surface area contributed by atoms with Crippen molar-refractivity contribution >= 4 is 5.97 Å². The average molecular weight is 239 g/mol. The SMILES string of the molecule is CC(C)CCCN1C[C@@H]2CCC[C@@]2(C(=O)O)C1. The van der Waals surface area contributed by atoms with Crippen molar-refractivity contribution < 1.29 is 9.90 Å². The molecule has 0 aromatic carbocycles. The zero-order valence-electron chi connectivity index (χ0n) is 11.1. The molecular weight excluding hydrogens is 214 g/mol. The van der Waals surface area contributed by atoms with E-state index in [0.717, 1.165) is 44.8 Å². The average Bonchev–Trinajstić information content (AvgIpc) is 2.73. The van der Waals surface area contributed by atoms with E-state index in [-0.39, 0.29) is 0 Å². The number of carboxylic acid groups (broad SMARTS) is 1. The first-order valence-corrected chi connectivity index (χ1v) is 7.00. The van der Waals surface area contributed by atoms with E-state index in [0.29, 0.717) is 5.92 Å². The molecule has 1 aliphatic carbocycles. The van der Waals surface area contributed by atoms with Crippen molar-refractivity contribution in [1.29, 1.82) is 0 Å². The molecule has 2 atom stereocenters. The number of likely N-dealkylation sites (tertiary alicyclic amines) is 1. The molecule has 1 aliphatic heterocycles. The first-order chi connectivity index (χ1) is 8.04. The molecule has 0 bridgehead atoms. The topological polar surface area (TPSA) is 40.5 Å². The predicted molar refractivity (Wildman–Crippen MR) is 67.9 cm³/mol. The van der Waals surface area contributed by atoms with Crippen LogP contribution in [0.3, 0.4) is 0 Å². The Morgan fingerprint density at radius 2 is 2.29 bits per heavy atom. The minimum atomic E-state index is -0.550. The second-order valence-electron chi connectivity index (χ2n) is 6.32. The van der Waals surface area contributed by atoms with E-state index in [2.05, 4.69) is 18.7 Å². The lowest BCUT2D eigenvalue weighted by atomic mass is 9.81. The molecule has 1 heterocycles. The van der Waals surface area contributed by atoms with Crippen molar-refractivity contribution in [2.75, 3.05) is 19.6 Å². The van der Waals surface area contributed by atoms with Crippen LogP contribution in [0.15, 0.2) is 0 Å². The Morgan fingerprint density at radius 1 is 1.53 bits per heavy atom. The minimum absolute atomic E-state index is 0.391. The summed E-state index contributed by atoms with van der Waals surface area (Å²) in [7, 11) is 0. The highest BCUT2D eigenvalue weighted by molar-refractivity contribution is 5.76. The number of aliphatic carboxylic acids is 1. The molecule has 1 N–H and O–H groups in total. The van der Waals surface area contributed by atoms with Crippen molar-refractivity contribution in [3.05, 3.63) is 0 Å². The van der Waals surface area contributed by atoms with Crippen LogP contribution in [0.1, 0.15) is 46.0 Å². The molecule has 0 aromatic rings. The minimum Gasteiger partial charge on any atom is -0.481 e. The molecule has 2 aliphatic rings. The maximum Gasteiger partial charge on any atom is 0.311 e. The van der Waals surface area contributed by atoms with Gasteiger partial charge in [-0.2, -0.15) is 0 Å². The lowest BCUT2D eigenvalue weighted by molar-refractivity contribution is -0.149. The smallest absolute Gasteiger partial charge is 0.311 e. The highest BCUT2D eigenvalue weighted by Crippen LogP contribution is 2.48. The quantitative estimate of drug-likeness (QED) is 0.801. The highest BCUT2D eigenvalue weighted by Gasteiger charge is 2.54. The Kier molecular flexibility index (Phi) is 3.76.